The Balaban J connectivity index is 2.08. The molecule has 0 spiro atoms. The highest BCUT2D eigenvalue weighted by Gasteiger charge is 2.39. The molecule has 0 radical (unpaired) electrons. The number of methoxy groups -OCH3 is 2. The molecule has 4 amide bonds. The van der Waals surface area contributed by atoms with E-state index < -0.39 is 70.9 Å². The van der Waals surface area contributed by atoms with Gasteiger partial charge < -0.3 is 44.4 Å². The molecule has 0 fully saturated rings. The van der Waals surface area contributed by atoms with Gasteiger partial charge in [0.05, 0.1) is 64.3 Å². The Bertz CT molecular complexity index is 2080. The van der Waals surface area contributed by atoms with Crippen molar-refractivity contribution in [1.29, 1.82) is 0 Å². The lowest BCUT2D eigenvalue weighted by molar-refractivity contribution is -0.157. The topological polar surface area (TPSA) is 205 Å². The number of carbonyl (C=O) groups is 5. The number of aromatic nitrogens is 1. The fraction of sp³-hybridized carbons (Fsp3) is 0.549. The van der Waals surface area contributed by atoms with Gasteiger partial charge in [-0.05, 0) is 66.0 Å². The molecule has 0 saturated heterocycles. The summed E-state index contributed by atoms with van der Waals surface area (Å²) in [5.41, 5.74) is 5.69. The van der Waals surface area contributed by atoms with Crippen LogP contribution in [0.15, 0.2) is 72.9 Å². The summed E-state index contributed by atoms with van der Waals surface area (Å²) in [6.45, 7) is 18.1. The van der Waals surface area contributed by atoms with Crippen molar-refractivity contribution >= 4 is 44.0 Å². The van der Waals surface area contributed by atoms with E-state index in [0.29, 0.717) is 32.6 Å². The highest BCUT2D eigenvalue weighted by Crippen LogP contribution is 2.25. The first-order valence-corrected chi connectivity index (χ1v) is 24.4. The molecule has 2 aromatic carbocycles. The fourth-order valence-corrected chi connectivity index (χ4v) is 7.64. The van der Waals surface area contributed by atoms with Gasteiger partial charge in [-0.15, -0.1) is 8.20 Å². The molecule has 69 heavy (non-hydrogen) atoms. The van der Waals surface area contributed by atoms with Crippen LogP contribution in [0.25, 0.3) is 11.3 Å². The van der Waals surface area contributed by atoms with E-state index in [0.717, 1.165) is 36.2 Å². The van der Waals surface area contributed by atoms with Crippen molar-refractivity contribution < 1.29 is 52.4 Å². The van der Waals surface area contributed by atoms with E-state index in [1.807, 2.05) is 128 Å². The smallest absolute Gasteiger partial charge is 0.407 e. The Morgan fingerprint density at radius 2 is 1.39 bits per heavy atom. The molecule has 4 N–H and O–H groups in total. The van der Waals surface area contributed by atoms with Gasteiger partial charge in [-0.3, -0.25) is 24.8 Å². The maximum absolute atomic E-state index is 14.7. The molecule has 0 bridgehead atoms. The van der Waals surface area contributed by atoms with Gasteiger partial charge in [-0.1, -0.05) is 103 Å². The number of alkyl carbamates (subject to hydrolysis) is 2. The number of hydrazine groups is 1. The zero-order chi connectivity index (χ0) is 51.0. The molecule has 5 unspecified atom stereocenters. The number of carbonyl (C=O) groups excluding carboxylic acids is 5. The molecule has 3 rings (SSSR count). The van der Waals surface area contributed by atoms with Crippen molar-refractivity contribution in [2.45, 2.75) is 99.5 Å². The largest absolute Gasteiger partial charge is 0.458 e. The van der Waals surface area contributed by atoms with Crippen LogP contribution in [0.5, 0.6) is 0 Å². The number of nitrogens with one attached hydrogen (secondary N) is 4. The monoisotopic (exact) mass is 979 g/mol. The average molecular weight is 979 g/mol. The van der Waals surface area contributed by atoms with E-state index in [-0.39, 0.29) is 32.7 Å². The number of pyridine rings is 1. The third-order valence-electron chi connectivity index (χ3n) is 10.9. The van der Waals surface area contributed by atoms with Crippen molar-refractivity contribution in [2.75, 3.05) is 66.6 Å². The summed E-state index contributed by atoms with van der Waals surface area (Å²) in [6, 6.07) is 17.9. The normalized spacial score (nSPS) is 14.0. The molecule has 0 aliphatic carbocycles. The standard InChI is InChI=1S/C51H75N6O11P/c1-12-69-34-36(3)47(60)68-42(33-57(56-46(59)44(51(7,8)9)54-48(61)64-11)32-39-22-21-38(30-35(39)2)40-20-16-17-23-52-40)41(31-37-18-14-13-15-19-37)53-45(58)43(50(4,5)6)55-49(62)67-29-28-66-27-26-65-25-24-63-10/h12-23,30,36,41-44H,24-29,31-34H2,1-11H3,(H,53,58)(H,54,61)(H,55,62)(H,56,59). The predicted octanol–water partition coefficient (Wildman–Crippen LogP) is 6.53. The molecule has 1 aromatic heterocycles. The second kappa shape index (κ2) is 29.5. The summed E-state index contributed by atoms with van der Waals surface area (Å²) in [6.07, 6.45) is -0.277. The number of benzene rings is 2. The van der Waals surface area contributed by atoms with Crippen LogP contribution in [-0.4, -0.2) is 137 Å². The van der Waals surface area contributed by atoms with Crippen LogP contribution in [0, 0.1) is 23.7 Å². The molecule has 0 aliphatic heterocycles. The van der Waals surface area contributed by atoms with E-state index in [2.05, 4.69) is 26.4 Å². The van der Waals surface area contributed by atoms with Crippen molar-refractivity contribution in [3.8, 4) is 11.3 Å². The van der Waals surface area contributed by atoms with Crippen LogP contribution < -0.4 is 21.4 Å². The van der Waals surface area contributed by atoms with Gasteiger partial charge >= 0.3 is 18.2 Å². The summed E-state index contributed by atoms with van der Waals surface area (Å²) in [7, 11) is 3.75. The Morgan fingerprint density at radius 3 is 1.99 bits per heavy atom. The molecule has 18 heteroatoms. The molecule has 380 valence electrons. The molecule has 17 nitrogen and oxygen atoms in total. The summed E-state index contributed by atoms with van der Waals surface area (Å²) in [4.78, 5) is 73.6. The van der Waals surface area contributed by atoms with Crippen LogP contribution in [0.3, 0.4) is 0 Å². The maximum atomic E-state index is 14.7. The lowest BCUT2D eigenvalue weighted by atomic mass is 9.85. The minimum absolute atomic E-state index is 0.0669. The van der Waals surface area contributed by atoms with Gasteiger partial charge in [0, 0.05) is 31.6 Å². The highest BCUT2D eigenvalue weighted by molar-refractivity contribution is 7.38. The van der Waals surface area contributed by atoms with Gasteiger partial charge in [0.2, 0.25) is 5.91 Å². The van der Waals surface area contributed by atoms with E-state index in [4.69, 9.17) is 28.4 Å². The number of nitrogens with zero attached hydrogens (tertiary/aromatic N) is 2. The van der Waals surface area contributed by atoms with Crippen LogP contribution in [0.1, 0.15) is 72.1 Å². The van der Waals surface area contributed by atoms with Gasteiger partial charge in [-0.2, -0.15) is 0 Å². The number of ether oxygens (including phenoxy) is 6. The van der Waals surface area contributed by atoms with Crippen molar-refractivity contribution in [3.05, 3.63) is 89.6 Å². The lowest BCUT2D eigenvalue weighted by Crippen LogP contribution is -2.61. The number of rotatable bonds is 27. The molecular weight excluding hydrogens is 904 g/mol. The summed E-state index contributed by atoms with van der Waals surface area (Å²) in [5, 5.41) is 10.2. The molecule has 5 atom stereocenters. The van der Waals surface area contributed by atoms with Crippen LogP contribution in [-0.2, 0) is 55.8 Å². The van der Waals surface area contributed by atoms with Gasteiger partial charge in [-0.25, -0.2) is 14.6 Å². The summed E-state index contributed by atoms with van der Waals surface area (Å²) < 4.78 is 32.6. The Morgan fingerprint density at radius 1 is 0.768 bits per heavy atom. The predicted molar refractivity (Wildman–Crippen MR) is 268 cm³/mol. The molecular formula is C51H75N6O11P. The number of hydrogen-bond donors (Lipinski definition) is 4. The van der Waals surface area contributed by atoms with Crippen molar-refractivity contribution in [1.82, 2.24) is 31.4 Å². The zero-order valence-electron chi connectivity index (χ0n) is 42.3. The first-order valence-electron chi connectivity index (χ1n) is 23.2. The lowest BCUT2D eigenvalue weighted by Gasteiger charge is -2.37. The summed E-state index contributed by atoms with van der Waals surface area (Å²) in [5.74, 6) is -0.175. The quantitative estimate of drug-likeness (QED) is 0.0211. The first kappa shape index (κ1) is 57.9. The van der Waals surface area contributed by atoms with E-state index in [9.17, 15) is 24.0 Å². The van der Waals surface area contributed by atoms with E-state index in [1.54, 1.807) is 25.2 Å². The van der Waals surface area contributed by atoms with Gasteiger partial charge in [0.1, 0.15) is 24.8 Å². The minimum atomic E-state index is -1.11. The minimum Gasteiger partial charge on any atom is -0.458 e. The second-order valence-electron chi connectivity index (χ2n) is 18.7. The fourth-order valence-electron chi connectivity index (χ4n) is 6.96. The zero-order valence-corrected chi connectivity index (χ0v) is 43.2. The van der Waals surface area contributed by atoms with Gasteiger partial charge in [0.15, 0.2) is 0 Å². The number of aryl methyl sites for hydroxylation is 1. The second-order valence-corrected chi connectivity index (χ2v) is 20.0. The van der Waals surface area contributed by atoms with Crippen LogP contribution in [0.2, 0.25) is 0 Å². The molecule has 0 saturated carbocycles. The number of esters is 1. The first-order chi connectivity index (χ1) is 32.8. The average Bonchev–Trinajstić information content (AvgIpc) is 3.30. The maximum Gasteiger partial charge on any atom is 0.407 e. The Hall–Kier alpha value is -5.45. The van der Waals surface area contributed by atoms with E-state index >= 15 is 0 Å². The third-order valence-corrected chi connectivity index (χ3v) is 12.0. The molecule has 1 heterocycles. The number of amides is 4. The summed E-state index contributed by atoms with van der Waals surface area (Å²) >= 11 is 0. The van der Waals surface area contributed by atoms with Crippen LogP contribution in [0.4, 0.5) is 9.59 Å². The Labute approximate surface area is 410 Å². The van der Waals surface area contributed by atoms with Crippen molar-refractivity contribution in [2.24, 2.45) is 16.7 Å². The third kappa shape index (κ3) is 21.0. The number of hydrogen-bond acceptors (Lipinski definition) is 13. The SMILES string of the molecule is CC=PCC(C)C(=O)OC(CN(Cc1ccc(-c2ccccn2)cc1C)NC(=O)C(NC(=O)OC)C(C)(C)C)C(Cc1ccccc1)NC(=O)C(NC(=O)OCCOCCOCCOC)C(C)(C)C. The Kier molecular flexibility index (Phi) is 24.8. The molecule has 3 aromatic rings. The van der Waals surface area contributed by atoms with Crippen molar-refractivity contribution in [3.63, 3.8) is 0 Å². The van der Waals surface area contributed by atoms with Gasteiger partial charge in [0.25, 0.3) is 5.91 Å². The highest BCUT2D eigenvalue weighted by atomic mass is 31.1. The molecule has 0 aliphatic rings. The van der Waals surface area contributed by atoms with E-state index in [1.165, 1.54) is 7.11 Å². The van der Waals surface area contributed by atoms with Crippen LogP contribution >= 0.6 is 8.20 Å².